The van der Waals surface area contributed by atoms with E-state index in [0.717, 1.165) is 44.7 Å². The monoisotopic (exact) mass is 358 g/mol. The molecule has 1 unspecified atom stereocenters. The topological polar surface area (TPSA) is 43.8 Å². The number of piperazine rings is 1. The Bertz CT molecular complexity index is 838. The molecular weight excluding hydrogens is 338 g/mol. The molecule has 26 heavy (non-hydrogen) atoms. The molecule has 2 aromatic carbocycles. The maximum atomic E-state index is 13.5. The summed E-state index contributed by atoms with van der Waals surface area (Å²) in [6.07, 6.45) is 2.33. The van der Waals surface area contributed by atoms with E-state index < -0.39 is 11.6 Å². The lowest BCUT2D eigenvalue weighted by Crippen LogP contribution is -2.52. The van der Waals surface area contributed by atoms with Gasteiger partial charge in [-0.25, -0.2) is 8.78 Å². The summed E-state index contributed by atoms with van der Waals surface area (Å²) in [6.45, 7) is 3.52. The summed E-state index contributed by atoms with van der Waals surface area (Å²) in [7, 11) is 0. The summed E-state index contributed by atoms with van der Waals surface area (Å²) in [6, 6.07) is 8.80. The molecule has 0 aromatic heterocycles. The number of rotatable bonds is 2. The molecule has 2 aliphatic heterocycles. The van der Waals surface area contributed by atoms with E-state index in [-0.39, 0.29) is 17.2 Å². The van der Waals surface area contributed by atoms with Gasteiger partial charge in [-0.15, -0.1) is 0 Å². The van der Waals surface area contributed by atoms with Gasteiger partial charge in [-0.2, -0.15) is 0 Å². The number of halogens is 2. The third-order valence-electron chi connectivity index (χ3n) is 5.36. The maximum absolute atomic E-state index is 13.5. The standard InChI is InChI=1S/C20H20F2N2O2/c21-17-10-16(19(25)11-18(17)22)13-3-5-14(6-4-13)20(26)24-9-8-23-7-1-2-15(23)12-24/h3-6,10-11,15,25H,1-2,7-9,12H2. The maximum Gasteiger partial charge on any atom is 0.253 e. The number of amides is 1. The molecule has 1 amide bonds. The Balaban J connectivity index is 1.52. The molecular formula is C20H20F2N2O2. The molecule has 0 radical (unpaired) electrons. The van der Waals surface area contributed by atoms with Crippen molar-refractivity contribution < 1.29 is 18.7 Å². The van der Waals surface area contributed by atoms with Gasteiger partial charge in [-0.3, -0.25) is 9.69 Å². The zero-order valence-corrected chi connectivity index (χ0v) is 14.3. The Kier molecular flexibility index (Phi) is 4.36. The van der Waals surface area contributed by atoms with Gasteiger partial charge in [-0.05, 0) is 43.1 Å². The summed E-state index contributed by atoms with van der Waals surface area (Å²) < 4.78 is 26.6. The molecule has 2 saturated heterocycles. The van der Waals surface area contributed by atoms with Gasteiger partial charge in [0.25, 0.3) is 5.91 Å². The van der Waals surface area contributed by atoms with Gasteiger partial charge in [0.15, 0.2) is 11.6 Å². The lowest BCUT2D eigenvalue weighted by Gasteiger charge is -2.37. The molecule has 2 fully saturated rings. The number of nitrogens with zero attached hydrogens (tertiary/aromatic N) is 2. The van der Waals surface area contributed by atoms with Crippen molar-refractivity contribution in [2.45, 2.75) is 18.9 Å². The Morgan fingerprint density at radius 2 is 1.77 bits per heavy atom. The van der Waals surface area contributed by atoms with Crippen LogP contribution in [0.5, 0.6) is 5.75 Å². The highest BCUT2D eigenvalue weighted by Gasteiger charge is 2.32. The summed E-state index contributed by atoms with van der Waals surface area (Å²) >= 11 is 0. The molecule has 1 N–H and O–H groups in total. The number of fused-ring (bicyclic) bond motifs is 1. The predicted molar refractivity (Wildman–Crippen MR) is 94.0 cm³/mol. The fourth-order valence-electron chi connectivity index (χ4n) is 3.92. The first-order valence-electron chi connectivity index (χ1n) is 8.84. The number of carbonyl (C=O) groups excluding carboxylic acids is 1. The van der Waals surface area contributed by atoms with Crippen molar-refractivity contribution in [2.75, 3.05) is 26.2 Å². The number of hydrogen-bond acceptors (Lipinski definition) is 3. The lowest BCUT2D eigenvalue weighted by molar-refractivity contribution is 0.0571. The molecule has 2 heterocycles. The van der Waals surface area contributed by atoms with Crippen molar-refractivity contribution in [1.29, 1.82) is 0 Å². The van der Waals surface area contributed by atoms with Crippen LogP contribution in [0.15, 0.2) is 36.4 Å². The van der Waals surface area contributed by atoms with Gasteiger partial charge in [0.2, 0.25) is 0 Å². The molecule has 4 nitrogen and oxygen atoms in total. The Morgan fingerprint density at radius 1 is 1.04 bits per heavy atom. The van der Waals surface area contributed by atoms with Gasteiger partial charge >= 0.3 is 0 Å². The minimum Gasteiger partial charge on any atom is -0.507 e. The molecule has 0 spiro atoms. The number of carbonyl (C=O) groups is 1. The highest BCUT2D eigenvalue weighted by Crippen LogP contribution is 2.31. The Morgan fingerprint density at radius 3 is 2.54 bits per heavy atom. The van der Waals surface area contributed by atoms with Crippen molar-refractivity contribution in [3.63, 3.8) is 0 Å². The third-order valence-corrected chi connectivity index (χ3v) is 5.36. The summed E-state index contributed by atoms with van der Waals surface area (Å²) in [5, 5.41) is 9.85. The van der Waals surface area contributed by atoms with E-state index in [1.165, 1.54) is 6.42 Å². The molecule has 136 valence electrons. The van der Waals surface area contributed by atoms with E-state index in [1.54, 1.807) is 24.3 Å². The summed E-state index contributed by atoms with van der Waals surface area (Å²) in [5.41, 5.74) is 1.28. The number of phenols is 1. The van der Waals surface area contributed by atoms with E-state index in [1.807, 2.05) is 4.90 Å². The van der Waals surface area contributed by atoms with E-state index in [9.17, 15) is 18.7 Å². The molecule has 2 aromatic rings. The lowest BCUT2D eigenvalue weighted by atomic mass is 10.0. The van der Waals surface area contributed by atoms with Gasteiger partial charge in [0.05, 0.1) is 0 Å². The summed E-state index contributed by atoms with van der Waals surface area (Å²) in [4.78, 5) is 17.1. The van der Waals surface area contributed by atoms with Crippen LogP contribution in [0, 0.1) is 11.6 Å². The largest absolute Gasteiger partial charge is 0.507 e. The second-order valence-electron chi connectivity index (χ2n) is 6.94. The average molecular weight is 358 g/mol. The quantitative estimate of drug-likeness (QED) is 0.896. The van der Waals surface area contributed by atoms with Crippen LogP contribution in [0.1, 0.15) is 23.2 Å². The van der Waals surface area contributed by atoms with Crippen LogP contribution >= 0.6 is 0 Å². The van der Waals surface area contributed by atoms with Crippen LogP contribution in [-0.4, -0.2) is 53.0 Å². The first-order chi connectivity index (χ1) is 12.5. The number of hydrogen-bond donors (Lipinski definition) is 1. The number of aromatic hydroxyl groups is 1. The minimum absolute atomic E-state index is 0.0161. The summed E-state index contributed by atoms with van der Waals surface area (Å²) in [5.74, 6) is -2.46. The zero-order chi connectivity index (χ0) is 18.3. The molecule has 4 rings (SSSR count). The molecule has 1 atom stereocenters. The zero-order valence-electron chi connectivity index (χ0n) is 14.3. The van der Waals surface area contributed by atoms with Crippen LogP contribution < -0.4 is 0 Å². The van der Waals surface area contributed by atoms with Crippen molar-refractivity contribution in [1.82, 2.24) is 9.80 Å². The van der Waals surface area contributed by atoms with Crippen molar-refractivity contribution in [3.05, 3.63) is 53.6 Å². The highest BCUT2D eigenvalue weighted by atomic mass is 19.2. The van der Waals surface area contributed by atoms with Gasteiger partial charge in [-0.1, -0.05) is 12.1 Å². The average Bonchev–Trinajstić information content (AvgIpc) is 3.12. The van der Waals surface area contributed by atoms with Crippen molar-refractivity contribution in [2.24, 2.45) is 0 Å². The first-order valence-corrected chi connectivity index (χ1v) is 8.84. The molecule has 0 bridgehead atoms. The van der Waals surface area contributed by atoms with Crippen molar-refractivity contribution in [3.8, 4) is 16.9 Å². The molecule has 6 heteroatoms. The normalized spacial score (nSPS) is 20.2. The second-order valence-corrected chi connectivity index (χ2v) is 6.94. The fraction of sp³-hybridized carbons (Fsp3) is 0.350. The van der Waals surface area contributed by atoms with Gasteiger partial charge < -0.3 is 10.0 Å². The third kappa shape index (κ3) is 3.05. The SMILES string of the molecule is O=C(c1ccc(-c2cc(F)c(F)cc2O)cc1)N1CCN2CCCC2C1. The predicted octanol–water partition coefficient (Wildman–Crippen LogP) is 3.26. The molecule has 0 aliphatic carbocycles. The van der Waals surface area contributed by atoms with Crippen LogP contribution in [0.2, 0.25) is 0 Å². The van der Waals surface area contributed by atoms with Crippen LogP contribution in [0.4, 0.5) is 8.78 Å². The molecule has 2 aliphatic rings. The van der Waals surface area contributed by atoms with Crippen LogP contribution in [0.25, 0.3) is 11.1 Å². The van der Waals surface area contributed by atoms with Crippen molar-refractivity contribution >= 4 is 5.91 Å². The Hall–Kier alpha value is -2.47. The number of phenolic OH excluding ortho intramolecular Hbond substituents is 1. The Labute approximate surface area is 150 Å². The van der Waals surface area contributed by atoms with Crippen LogP contribution in [-0.2, 0) is 0 Å². The number of benzene rings is 2. The highest BCUT2D eigenvalue weighted by molar-refractivity contribution is 5.95. The fourth-order valence-corrected chi connectivity index (χ4v) is 3.92. The minimum atomic E-state index is -1.09. The van der Waals surface area contributed by atoms with Crippen LogP contribution in [0.3, 0.4) is 0 Å². The van der Waals surface area contributed by atoms with Gasteiger partial charge in [0, 0.05) is 42.9 Å². The first kappa shape index (κ1) is 17.0. The van der Waals surface area contributed by atoms with E-state index in [0.29, 0.717) is 17.2 Å². The van der Waals surface area contributed by atoms with Gasteiger partial charge in [0.1, 0.15) is 5.75 Å². The van der Waals surface area contributed by atoms with E-state index in [2.05, 4.69) is 4.90 Å². The smallest absolute Gasteiger partial charge is 0.253 e. The van der Waals surface area contributed by atoms with E-state index in [4.69, 9.17) is 0 Å². The second kappa shape index (κ2) is 6.68. The van der Waals surface area contributed by atoms with E-state index >= 15 is 0 Å². The molecule has 0 saturated carbocycles.